The number of allylic oxidation sites excluding steroid dienone is 1. The molecule has 2 rings (SSSR count). The zero-order valence-corrected chi connectivity index (χ0v) is 11.5. The second-order valence-corrected chi connectivity index (χ2v) is 4.73. The Kier molecular flexibility index (Phi) is 4.26. The molecule has 0 aromatic heterocycles. The second-order valence-electron chi connectivity index (χ2n) is 4.73. The summed E-state index contributed by atoms with van der Waals surface area (Å²) in [5.41, 5.74) is 5.27. The van der Waals surface area contributed by atoms with Gasteiger partial charge in [0.25, 0.3) is 0 Å². The lowest BCUT2D eigenvalue weighted by Crippen LogP contribution is -2.21. The zero-order chi connectivity index (χ0) is 13.0. The van der Waals surface area contributed by atoms with Gasteiger partial charge in [0.05, 0.1) is 11.4 Å². The smallest absolute Gasteiger partial charge is 0.0576 e. The summed E-state index contributed by atoms with van der Waals surface area (Å²) < 4.78 is 0. The quantitative estimate of drug-likeness (QED) is 0.674. The first-order chi connectivity index (χ1) is 8.80. The van der Waals surface area contributed by atoms with Crippen molar-refractivity contribution in [2.45, 2.75) is 18.8 Å². The lowest BCUT2D eigenvalue weighted by atomic mass is 9.82. The van der Waals surface area contributed by atoms with Gasteiger partial charge in [0.15, 0.2) is 0 Å². The highest BCUT2D eigenvalue weighted by molar-refractivity contribution is 5.69. The molecular formula is C15H23N3. The van der Waals surface area contributed by atoms with Gasteiger partial charge in [-0.2, -0.15) is 0 Å². The molecule has 0 unspecified atom stereocenters. The van der Waals surface area contributed by atoms with E-state index in [0.717, 1.165) is 17.9 Å². The molecule has 1 aliphatic rings. The largest absolute Gasteiger partial charge is 0.386 e. The highest BCUT2D eigenvalue weighted by Crippen LogP contribution is 2.35. The van der Waals surface area contributed by atoms with E-state index >= 15 is 0 Å². The number of anilines is 2. The summed E-state index contributed by atoms with van der Waals surface area (Å²) in [5.74, 6) is 0.516. The van der Waals surface area contributed by atoms with Crippen molar-refractivity contribution in [3.63, 3.8) is 0 Å². The molecule has 1 aliphatic carbocycles. The van der Waals surface area contributed by atoms with Crippen LogP contribution in [0.25, 0.3) is 0 Å². The maximum atomic E-state index is 3.30. The van der Waals surface area contributed by atoms with Crippen LogP contribution >= 0.6 is 0 Å². The Bertz CT molecular complexity index is 437. The maximum absolute atomic E-state index is 3.30. The summed E-state index contributed by atoms with van der Waals surface area (Å²) in [6, 6.07) is 6.64. The van der Waals surface area contributed by atoms with Crippen molar-refractivity contribution in [1.82, 2.24) is 5.32 Å². The minimum Gasteiger partial charge on any atom is -0.386 e. The molecule has 0 radical (unpaired) electrons. The second kappa shape index (κ2) is 5.91. The first-order valence-electron chi connectivity index (χ1n) is 6.63. The molecule has 3 heteroatoms. The molecule has 0 heterocycles. The van der Waals surface area contributed by atoms with Crippen molar-refractivity contribution in [2.75, 3.05) is 38.3 Å². The summed E-state index contributed by atoms with van der Waals surface area (Å²) in [6.45, 7) is 1.01. The van der Waals surface area contributed by atoms with E-state index < -0.39 is 0 Å². The van der Waals surface area contributed by atoms with Crippen LogP contribution in [-0.4, -0.2) is 27.7 Å². The van der Waals surface area contributed by atoms with E-state index in [4.69, 9.17) is 0 Å². The SMILES string of the molecule is CNC[C@@H](C1=CCC1)c1ccc(NC)c(NC)c1. The van der Waals surface area contributed by atoms with Crippen LogP contribution in [0.15, 0.2) is 29.8 Å². The fraction of sp³-hybridized carbons (Fsp3) is 0.467. The van der Waals surface area contributed by atoms with Crippen LogP contribution in [0.2, 0.25) is 0 Å². The van der Waals surface area contributed by atoms with Crippen LogP contribution in [0.5, 0.6) is 0 Å². The van der Waals surface area contributed by atoms with E-state index in [9.17, 15) is 0 Å². The predicted molar refractivity (Wildman–Crippen MR) is 79.5 cm³/mol. The van der Waals surface area contributed by atoms with Crippen LogP contribution in [0.1, 0.15) is 24.3 Å². The number of benzene rings is 1. The molecule has 0 aliphatic heterocycles. The average molecular weight is 245 g/mol. The Hall–Kier alpha value is -1.48. The highest BCUT2D eigenvalue weighted by atomic mass is 14.9. The number of nitrogens with one attached hydrogen (secondary N) is 3. The molecule has 0 saturated carbocycles. The van der Waals surface area contributed by atoms with E-state index in [1.807, 2.05) is 21.1 Å². The van der Waals surface area contributed by atoms with E-state index in [0.29, 0.717) is 5.92 Å². The Balaban J connectivity index is 2.29. The van der Waals surface area contributed by atoms with Gasteiger partial charge in [-0.3, -0.25) is 0 Å². The van der Waals surface area contributed by atoms with Crippen molar-refractivity contribution < 1.29 is 0 Å². The molecule has 0 saturated heterocycles. The van der Waals surface area contributed by atoms with Crippen LogP contribution in [0.3, 0.4) is 0 Å². The van der Waals surface area contributed by atoms with Gasteiger partial charge in [-0.05, 0) is 37.6 Å². The van der Waals surface area contributed by atoms with E-state index in [2.05, 4.69) is 40.2 Å². The molecular weight excluding hydrogens is 222 g/mol. The third-order valence-electron chi connectivity index (χ3n) is 3.68. The van der Waals surface area contributed by atoms with Gasteiger partial charge < -0.3 is 16.0 Å². The minimum absolute atomic E-state index is 0.516. The summed E-state index contributed by atoms with van der Waals surface area (Å²) >= 11 is 0. The van der Waals surface area contributed by atoms with E-state index in [1.54, 1.807) is 5.57 Å². The summed E-state index contributed by atoms with van der Waals surface area (Å²) in [5, 5.41) is 9.77. The predicted octanol–water partition coefficient (Wildman–Crippen LogP) is 2.79. The third-order valence-corrected chi connectivity index (χ3v) is 3.68. The van der Waals surface area contributed by atoms with Crippen molar-refractivity contribution >= 4 is 11.4 Å². The molecule has 0 bridgehead atoms. The minimum atomic E-state index is 0.516. The van der Waals surface area contributed by atoms with Crippen molar-refractivity contribution in [3.8, 4) is 0 Å². The van der Waals surface area contributed by atoms with Gasteiger partial charge in [0, 0.05) is 26.6 Å². The molecule has 0 amide bonds. The molecule has 0 fully saturated rings. The van der Waals surface area contributed by atoms with E-state index in [1.165, 1.54) is 18.4 Å². The first-order valence-corrected chi connectivity index (χ1v) is 6.63. The fourth-order valence-corrected chi connectivity index (χ4v) is 2.50. The summed E-state index contributed by atoms with van der Waals surface area (Å²) in [4.78, 5) is 0. The van der Waals surface area contributed by atoms with Gasteiger partial charge >= 0.3 is 0 Å². The van der Waals surface area contributed by atoms with Crippen LogP contribution < -0.4 is 16.0 Å². The number of rotatable bonds is 6. The van der Waals surface area contributed by atoms with Crippen molar-refractivity contribution in [1.29, 1.82) is 0 Å². The Morgan fingerprint density at radius 1 is 1.11 bits per heavy atom. The van der Waals surface area contributed by atoms with E-state index in [-0.39, 0.29) is 0 Å². The van der Waals surface area contributed by atoms with Gasteiger partial charge in [-0.1, -0.05) is 17.7 Å². The Morgan fingerprint density at radius 2 is 1.83 bits per heavy atom. The van der Waals surface area contributed by atoms with Crippen molar-refractivity contribution in [3.05, 3.63) is 35.4 Å². The topological polar surface area (TPSA) is 36.1 Å². The fourth-order valence-electron chi connectivity index (χ4n) is 2.50. The van der Waals surface area contributed by atoms with Crippen LogP contribution in [0.4, 0.5) is 11.4 Å². The number of hydrogen-bond acceptors (Lipinski definition) is 3. The highest BCUT2D eigenvalue weighted by Gasteiger charge is 2.20. The maximum Gasteiger partial charge on any atom is 0.0576 e. The molecule has 3 N–H and O–H groups in total. The van der Waals surface area contributed by atoms with Gasteiger partial charge in [0.2, 0.25) is 0 Å². The monoisotopic (exact) mass is 245 g/mol. The van der Waals surface area contributed by atoms with Gasteiger partial charge in [0.1, 0.15) is 0 Å². The third kappa shape index (κ3) is 2.51. The van der Waals surface area contributed by atoms with Gasteiger partial charge in [-0.25, -0.2) is 0 Å². The van der Waals surface area contributed by atoms with Crippen LogP contribution in [-0.2, 0) is 0 Å². The number of likely N-dealkylation sites (N-methyl/N-ethyl adjacent to an activating group) is 1. The number of hydrogen-bond donors (Lipinski definition) is 3. The molecule has 1 aromatic carbocycles. The summed E-state index contributed by atoms with van der Waals surface area (Å²) in [6.07, 6.45) is 4.85. The standard InChI is InChI=1S/C15H23N3/c1-16-10-13(11-5-4-6-11)12-7-8-14(17-2)15(9-12)18-3/h5,7-9,13,16-18H,4,6,10H2,1-3H3/t13-/m0/s1. The van der Waals surface area contributed by atoms with Crippen LogP contribution in [0, 0.1) is 0 Å². The van der Waals surface area contributed by atoms with Gasteiger partial charge in [-0.15, -0.1) is 0 Å². The Morgan fingerprint density at radius 3 is 2.33 bits per heavy atom. The molecule has 1 atom stereocenters. The first kappa shape index (κ1) is 13.0. The molecule has 98 valence electrons. The normalized spacial score (nSPS) is 15.6. The lowest BCUT2D eigenvalue weighted by Gasteiger charge is -2.26. The summed E-state index contributed by atoms with van der Waals surface area (Å²) in [7, 11) is 5.94. The average Bonchev–Trinajstić information content (AvgIpc) is 2.35. The molecule has 3 nitrogen and oxygen atoms in total. The molecule has 0 spiro atoms. The Labute approximate surface area is 110 Å². The molecule has 18 heavy (non-hydrogen) atoms. The van der Waals surface area contributed by atoms with Crippen molar-refractivity contribution in [2.24, 2.45) is 0 Å². The lowest BCUT2D eigenvalue weighted by molar-refractivity contribution is 0.642. The zero-order valence-electron chi connectivity index (χ0n) is 11.5. The molecule has 1 aromatic rings.